The lowest BCUT2D eigenvalue weighted by Gasteiger charge is -2.16. The fourth-order valence-electron chi connectivity index (χ4n) is 4.25. The van der Waals surface area contributed by atoms with Crippen LogP contribution in [-0.4, -0.2) is 30.3 Å². The highest BCUT2D eigenvalue weighted by atomic mass is 19.1. The second-order valence-corrected chi connectivity index (χ2v) is 8.64. The van der Waals surface area contributed by atoms with Crippen molar-refractivity contribution in [3.05, 3.63) is 96.2 Å². The molecule has 3 N–H and O–H groups in total. The van der Waals surface area contributed by atoms with E-state index in [9.17, 15) is 28.9 Å². The first-order chi connectivity index (χ1) is 17.7. The normalized spacial score (nSPS) is 12.0. The summed E-state index contributed by atoms with van der Waals surface area (Å²) in [4.78, 5) is 57.3. The number of carbonyl (C=O) groups excluding carboxylic acids is 1. The van der Waals surface area contributed by atoms with E-state index in [4.69, 9.17) is 0 Å². The molecular weight excluding hydrogens is 483 g/mol. The van der Waals surface area contributed by atoms with Crippen molar-refractivity contribution in [3.63, 3.8) is 0 Å². The van der Waals surface area contributed by atoms with E-state index in [1.807, 2.05) is 6.92 Å². The van der Waals surface area contributed by atoms with E-state index >= 15 is 0 Å². The molecule has 11 nitrogen and oxygen atoms in total. The summed E-state index contributed by atoms with van der Waals surface area (Å²) in [5.74, 6) is -1.51. The van der Waals surface area contributed by atoms with Gasteiger partial charge in [0.05, 0.1) is 10.5 Å². The van der Waals surface area contributed by atoms with Crippen LogP contribution in [0.3, 0.4) is 0 Å². The maximum absolute atomic E-state index is 14.9. The maximum Gasteiger partial charge on any atom is 0.330 e. The van der Waals surface area contributed by atoms with Crippen molar-refractivity contribution in [1.82, 2.24) is 19.5 Å². The molecule has 2 aromatic heterocycles. The number of nitro benzene ring substituents is 1. The van der Waals surface area contributed by atoms with Crippen LogP contribution in [0.2, 0.25) is 0 Å². The third-order valence-corrected chi connectivity index (χ3v) is 6.05. The molecule has 0 saturated carbocycles. The number of nitro groups is 1. The molecule has 0 aliphatic rings. The number of unbranched alkanes of at least 4 members (excludes halogenated alkanes) is 1. The third kappa shape index (κ3) is 5.32. The van der Waals surface area contributed by atoms with Gasteiger partial charge < -0.3 is 10.3 Å². The molecule has 0 aliphatic carbocycles. The number of aryl methyl sites for hydroxylation is 1. The minimum absolute atomic E-state index is 0.0774. The van der Waals surface area contributed by atoms with Crippen molar-refractivity contribution in [2.75, 3.05) is 5.32 Å². The van der Waals surface area contributed by atoms with Gasteiger partial charge >= 0.3 is 5.69 Å². The highest BCUT2D eigenvalue weighted by Gasteiger charge is 2.27. The van der Waals surface area contributed by atoms with Gasteiger partial charge in [0, 0.05) is 31.1 Å². The number of aromatic nitrogens is 4. The van der Waals surface area contributed by atoms with Crippen LogP contribution in [0.4, 0.5) is 15.8 Å². The number of nitrogens with one attached hydrogen (secondary N) is 3. The molecule has 1 atom stereocenters. The number of H-pyrrole nitrogens is 2. The van der Waals surface area contributed by atoms with Gasteiger partial charge in [-0.2, -0.15) is 0 Å². The zero-order valence-electron chi connectivity index (χ0n) is 20.2. The number of rotatable bonds is 9. The van der Waals surface area contributed by atoms with Crippen LogP contribution in [0.15, 0.2) is 52.1 Å². The smallest absolute Gasteiger partial charge is 0.330 e. The van der Waals surface area contributed by atoms with Gasteiger partial charge in [-0.05, 0) is 36.6 Å². The predicted octanol–water partition coefficient (Wildman–Crippen LogP) is 3.59. The van der Waals surface area contributed by atoms with Gasteiger partial charge in [0.25, 0.3) is 11.2 Å². The topological polar surface area (TPSA) is 156 Å². The fraction of sp³-hybridized carbons (Fsp3) is 0.280. The number of halogens is 1. The lowest BCUT2D eigenvalue weighted by atomic mass is 9.90. The quantitative estimate of drug-likeness (QED) is 0.232. The van der Waals surface area contributed by atoms with Crippen LogP contribution < -0.4 is 16.6 Å². The van der Waals surface area contributed by atoms with Crippen molar-refractivity contribution in [2.24, 2.45) is 0 Å². The number of aromatic amines is 2. The molecule has 192 valence electrons. The van der Waals surface area contributed by atoms with E-state index in [-0.39, 0.29) is 40.6 Å². The largest absolute Gasteiger partial charge is 0.336 e. The molecule has 12 heteroatoms. The summed E-state index contributed by atoms with van der Waals surface area (Å²) in [6, 6.07) is 10.3. The van der Waals surface area contributed by atoms with E-state index in [2.05, 4.69) is 20.3 Å². The highest BCUT2D eigenvalue weighted by molar-refractivity contribution is 5.88. The average Bonchev–Trinajstić information content (AvgIpc) is 3.29. The fourth-order valence-corrected chi connectivity index (χ4v) is 4.25. The van der Waals surface area contributed by atoms with Crippen LogP contribution in [-0.2, 0) is 17.8 Å². The van der Waals surface area contributed by atoms with Crippen LogP contribution in [0.5, 0.6) is 0 Å². The Balaban J connectivity index is 1.89. The number of amides is 1. The number of hydrogen-bond donors (Lipinski definition) is 3. The number of benzene rings is 2. The zero-order chi connectivity index (χ0) is 26.7. The molecule has 0 radical (unpaired) electrons. The second-order valence-electron chi connectivity index (χ2n) is 8.64. The average molecular weight is 509 g/mol. The van der Waals surface area contributed by atoms with E-state index in [0.717, 1.165) is 12.5 Å². The van der Waals surface area contributed by atoms with Crippen LogP contribution in [0, 0.1) is 15.9 Å². The Labute approximate surface area is 209 Å². The van der Waals surface area contributed by atoms with E-state index in [1.54, 1.807) is 24.3 Å². The van der Waals surface area contributed by atoms with Gasteiger partial charge in [-0.15, -0.1) is 0 Å². The van der Waals surface area contributed by atoms with Gasteiger partial charge in [0.1, 0.15) is 17.2 Å². The monoisotopic (exact) mass is 508 g/mol. The van der Waals surface area contributed by atoms with Crippen LogP contribution in [0.25, 0.3) is 11.2 Å². The van der Waals surface area contributed by atoms with E-state index in [1.165, 1.54) is 23.6 Å². The summed E-state index contributed by atoms with van der Waals surface area (Å²) in [6.07, 6.45) is 1.34. The SMILES string of the molecule is CCCCn1c(=O)[nH]c(=O)c2[nH]c(C(Cc3c(F)cccc3[N+](=O)[O-])c3ccc(NC(C)=O)cc3)nc21. The first kappa shape index (κ1) is 25.5. The Morgan fingerprint density at radius 1 is 1.19 bits per heavy atom. The number of hydrogen-bond acceptors (Lipinski definition) is 6. The first-order valence-electron chi connectivity index (χ1n) is 11.7. The van der Waals surface area contributed by atoms with Crippen LogP contribution in [0.1, 0.15) is 49.6 Å². The van der Waals surface area contributed by atoms with Gasteiger partial charge in [-0.3, -0.25) is 29.3 Å². The van der Waals surface area contributed by atoms with Gasteiger partial charge in [0.2, 0.25) is 5.91 Å². The Kier molecular flexibility index (Phi) is 7.27. The Morgan fingerprint density at radius 3 is 2.57 bits per heavy atom. The van der Waals surface area contributed by atoms with Crippen molar-refractivity contribution >= 4 is 28.4 Å². The molecule has 1 unspecified atom stereocenters. The summed E-state index contributed by atoms with van der Waals surface area (Å²) < 4.78 is 16.2. The Bertz CT molecular complexity index is 1590. The Hall–Kier alpha value is -4.61. The number of anilines is 1. The molecule has 2 aromatic carbocycles. The maximum atomic E-state index is 14.9. The molecule has 4 rings (SSSR count). The zero-order valence-corrected chi connectivity index (χ0v) is 20.2. The molecule has 0 spiro atoms. The number of imidazole rings is 1. The van der Waals surface area contributed by atoms with Crippen LogP contribution >= 0.6 is 0 Å². The summed E-state index contributed by atoms with van der Waals surface area (Å²) in [5.41, 5.74) is -0.387. The third-order valence-electron chi connectivity index (χ3n) is 6.05. The molecule has 0 fully saturated rings. The molecule has 1 amide bonds. The Morgan fingerprint density at radius 2 is 1.92 bits per heavy atom. The van der Waals surface area contributed by atoms with Crippen molar-refractivity contribution < 1.29 is 14.1 Å². The molecule has 2 heterocycles. The lowest BCUT2D eigenvalue weighted by molar-refractivity contribution is -0.385. The molecule has 0 bridgehead atoms. The first-order valence-corrected chi connectivity index (χ1v) is 11.7. The summed E-state index contributed by atoms with van der Waals surface area (Å²) in [6.45, 7) is 3.67. The molecule has 0 saturated heterocycles. The predicted molar refractivity (Wildman–Crippen MR) is 135 cm³/mol. The van der Waals surface area contributed by atoms with Crippen molar-refractivity contribution in [2.45, 2.75) is 45.6 Å². The summed E-state index contributed by atoms with van der Waals surface area (Å²) in [7, 11) is 0. The van der Waals surface area contributed by atoms with E-state index in [0.29, 0.717) is 24.2 Å². The molecule has 37 heavy (non-hydrogen) atoms. The van der Waals surface area contributed by atoms with Crippen molar-refractivity contribution in [3.8, 4) is 0 Å². The summed E-state index contributed by atoms with van der Waals surface area (Å²) in [5, 5.41) is 14.3. The lowest BCUT2D eigenvalue weighted by Crippen LogP contribution is -2.30. The number of nitrogens with zero attached hydrogens (tertiary/aromatic N) is 3. The van der Waals surface area contributed by atoms with Gasteiger partial charge in [0.15, 0.2) is 5.65 Å². The van der Waals surface area contributed by atoms with Gasteiger partial charge in [-0.1, -0.05) is 31.5 Å². The number of fused-ring (bicyclic) bond motifs is 1. The van der Waals surface area contributed by atoms with Crippen molar-refractivity contribution in [1.29, 1.82) is 0 Å². The number of carbonyl (C=O) groups is 1. The second kappa shape index (κ2) is 10.6. The molecule has 0 aliphatic heterocycles. The molecule has 4 aromatic rings. The minimum Gasteiger partial charge on any atom is -0.336 e. The molecular formula is C25H25FN6O5. The summed E-state index contributed by atoms with van der Waals surface area (Å²) >= 11 is 0. The van der Waals surface area contributed by atoms with Gasteiger partial charge in [-0.25, -0.2) is 14.2 Å². The van der Waals surface area contributed by atoms with E-state index < -0.39 is 27.9 Å². The minimum atomic E-state index is -0.747. The highest BCUT2D eigenvalue weighted by Crippen LogP contribution is 2.33. The standard InChI is InChI=1S/C25H25FN6O5/c1-3-4-12-31-23-21(24(34)30-25(31)35)28-22(29-23)17(15-8-10-16(11-9-15)27-14(2)33)13-18-19(26)6-5-7-20(18)32(36)37/h5-11,17H,3-4,12-13H2,1-2H3,(H,27,33)(H,28,29)(H,30,34,35).